The lowest BCUT2D eigenvalue weighted by Gasteiger charge is -2.37. The molecule has 2 aromatic rings. The molecule has 0 bridgehead atoms. The Hall–Kier alpha value is -2.59. The van der Waals surface area contributed by atoms with Crippen LogP contribution in [0.15, 0.2) is 54.6 Å². The third kappa shape index (κ3) is 4.06. The van der Waals surface area contributed by atoms with E-state index in [2.05, 4.69) is 40.6 Å². The summed E-state index contributed by atoms with van der Waals surface area (Å²) in [6.07, 6.45) is 4.36. The van der Waals surface area contributed by atoms with Gasteiger partial charge in [0.15, 0.2) is 0 Å². The van der Waals surface area contributed by atoms with Crippen LogP contribution >= 0.6 is 0 Å². The molecule has 0 spiro atoms. The standard InChI is InChI=1S/C23H27N3O/c1-25(23(27)24-16-18-7-3-2-4-8-18)21-11-13-26(14-12-21)17-20-15-19-9-5-6-10-22(19)20/h2-10,15,21H,11-14,16-17H2,1H3,(H,24,27). The Morgan fingerprint density at radius 3 is 2.52 bits per heavy atom. The highest BCUT2D eigenvalue weighted by atomic mass is 16.2. The van der Waals surface area contributed by atoms with Crippen LogP contribution in [0.4, 0.5) is 4.79 Å². The molecule has 4 rings (SSSR count). The van der Waals surface area contributed by atoms with Crippen LogP contribution in [0.5, 0.6) is 0 Å². The van der Waals surface area contributed by atoms with Gasteiger partial charge in [-0.3, -0.25) is 4.90 Å². The van der Waals surface area contributed by atoms with E-state index in [1.165, 1.54) is 16.7 Å². The molecule has 1 N–H and O–H groups in total. The third-order valence-corrected chi connectivity index (χ3v) is 5.74. The van der Waals surface area contributed by atoms with E-state index in [-0.39, 0.29) is 6.03 Å². The average molecular weight is 361 g/mol. The zero-order valence-corrected chi connectivity index (χ0v) is 15.9. The van der Waals surface area contributed by atoms with Gasteiger partial charge in [-0.05, 0) is 41.2 Å². The minimum Gasteiger partial charge on any atom is -0.334 e. The van der Waals surface area contributed by atoms with Crippen molar-refractivity contribution in [1.82, 2.24) is 15.1 Å². The fraction of sp³-hybridized carbons (Fsp3) is 0.348. The van der Waals surface area contributed by atoms with Crippen LogP contribution in [0, 0.1) is 0 Å². The number of rotatable bonds is 5. The SMILES string of the molecule is CN(C(=O)NCc1ccccc1)C1CCN(CC2=Cc3ccccc32)CC1. The van der Waals surface area contributed by atoms with Gasteiger partial charge in [-0.25, -0.2) is 4.79 Å². The smallest absolute Gasteiger partial charge is 0.317 e. The highest BCUT2D eigenvalue weighted by Gasteiger charge is 2.27. The zero-order chi connectivity index (χ0) is 18.6. The summed E-state index contributed by atoms with van der Waals surface area (Å²) in [7, 11) is 1.92. The zero-order valence-electron chi connectivity index (χ0n) is 15.9. The maximum Gasteiger partial charge on any atom is 0.317 e. The van der Waals surface area contributed by atoms with Crippen LogP contribution in [-0.4, -0.2) is 48.6 Å². The molecule has 0 saturated carbocycles. The van der Waals surface area contributed by atoms with Crippen molar-refractivity contribution >= 4 is 17.7 Å². The quantitative estimate of drug-likeness (QED) is 0.878. The first-order chi connectivity index (χ1) is 13.2. The van der Waals surface area contributed by atoms with Gasteiger partial charge in [0, 0.05) is 39.3 Å². The molecule has 2 aliphatic rings. The van der Waals surface area contributed by atoms with Crippen molar-refractivity contribution in [3.05, 3.63) is 71.3 Å². The summed E-state index contributed by atoms with van der Waals surface area (Å²) in [5, 5.41) is 3.03. The van der Waals surface area contributed by atoms with E-state index in [1.54, 1.807) is 0 Å². The first-order valence-corrected chi connectivity index (χ1v) is 9.77. The lowest BCUT2D eigenvalue weighted by atomic mass is 9.88. The van der Waals surface area contributed by atoms with Gasteiger partial charge in [0.2, 0.25) is 0 Å². The number of fused-ring (bicyclic) bond motifs is 1. The number of hydrogen-bond acceptors (Lipinski definition) is 2. The molecule has 0 unspecified atom stereocenters. The Labute approximate surface area is 161 Å². The second-order valence-electron chi connectivity index (χ2n) is 7.52. The van der Waals surface area contributed by atoms with Crippen molar-refractivity contribution < 1.29 is 4.79 Å². The molecule has 140 valence electrons. The molecule has 4 heteroatoms. The summed E-state index contributed by atoms with van der Waals surface area (Å²) in [6.45, 7) is 3.69. The van der Waals surface area contributed by atoms with Gasteiger partial charge in [-0.1, -0.05) is 54.6 Å². The summed E-state index contributed by atoms with van der Waals surface area (Å²) in [5.41, 5.74) is 5.33. The number of urea groups is 1. The molecule has 1 saturated heterocycles. The molecule has 0 radical (unpaired) electrons. The Balaban J connectivity index is 1.22. The molecular formula is C23H27N3O. The number of nitrogens with zero attached hydrogens (tertiary/aromatic N) is 2. The Morgan fingerprint density at radius 2 is 1.78 bits per heavy atom. The molecule has 1 fully saturated rings. The molecule has 1 heterocycles. The summed E-state index contributed by atoms with van der Waals surface area (Å²) in [6, 6.07) is 19.0. The largest absolute Gasteiger partial charge is 0.334 e. The minimum absolute atomic E-state index is 0.0212. The van der Waals surface area contributed by atoms with Crippen LogP contribution in [0.3, 0.4) is 0 Å². The maximum absolute atomic E-state index is 12.5. The van der Waals surface area contributed by atoms with Gasteiger partial charge < -0.3 is 10.2 Å². The molecule has 4 nitrogen and oxygen atoms in total. The predicted octanol–water partition coefficient (Wildman–Crippen LogP) is 3.85. The number of hydrogen-bond donors (Lipinski definition) is 1. The fourth-order valence-electron chi connectivity index (χ4n) is 4.00. The first-order valence-electron chi connectivity index (χ1n) is 9.77. The second kappa shape index (κ2) is 7.97. The third-order valence-electron chi connectivity index (χ3n) is 5.74. The van der Waals surface area contributed by atoms with Crippen LogP contribution < -0.4 is 5.32 Å². The predicted molar refractivity (Wildman–Crippen MR) is 110 cm³/mol. The number of amides is 2. The van der Waals surface area contributed by atoms with Gasteiger partial charge in [-0.2, -0.15) is 0 Å². The van der Waals surface area contributed by atoms with Gasteiger partial charge in [-0.15, -0.1) is 0 Å². The number of piperidine rings is 1. The summed E-state index contributed by atoms with van der Waals surface area (Å²) < 4.78 is 0. The van der Waals surface area contributed by atoms with E-state index in [4.69, 9.17) is 0 Å². The Morgan fingerprint density at radius 1 is 1.07 bits per heavy atom. The van der Waals surface area contributed by atoms with Crippen LogP contribution in [0.2, 0.25) is 0 Å². The van der Waals surface area contributed by atoms with E-state index in [0.29, 0.717) is 12.6 Å². The van der Waals surface area contributed by atoms with Crippen molar-refractivity contribution in [3.8, 4) is 0 Å². The number of likely N-dealkylation sites (tertiary alicyclic amines) is 1. The Kier molecular flexibility index (Phi) is 5.26. The van der Waals surface area contributed by atoms with Crippen molar-refractivity contribution in [3.63, 3.8) is 0 Å². The van der Waals surface area contributed by atoms with Crippen LogP contribution in [-0.2, 0) is 6.54 Å². The molecule has 0 aromatic heterocycles. The number of carbonyl (C=O) groups excluding carboxylic acids is 1. The molecule has 1 aliphatic heterocycles. The molecule has 1 aliphatic carbocycles. The summed E-state index contributed by atoms with van der Waals surface area (Å²) in [4.78, 5) is 16.9. The molecule has 2 aromatic carbocycles. The minimum atomic E-state index is 0.0212. The van der Waals surface area contributed by atoms with E-state index < -0.39 is 0 Å². The van der Waals surface area contributed by atoms with E-state index in [9.17, 15) is 4.79 Å². The second-order valence-corrected chi connectivity index (χ2v) is 7.52. The van der Waals surface area contributed by atoms with E-state index in [0.717, 1.165) is 38.0 Å². The van der Waals surface area contributed by atoms with Gasteiger partial charge in [0.25, 0.3) is 0 Å². The van der Waals surface area contributed by atoms with Crippen molar-refractivity contribution in [2.45, 2.75) is 25.4 Å². The van der Waals surface area contributed by atoms with Gasteiger partial charge in [0.05, 0.1) is 0 Å². The van der Waals surface area contributed by atoms with E-state index >= 15 is 0 Å². The molecule has 2 amide bonds. The van der Waals surface area contributed by atoms with Crippen molar-refractivity contribution in [2.75, 3.05) is 26.7 Å². The monoisotopic (exact) mass is 361 g/mol. The lowest BCUT2D eigenvalue weighted by Crippen LogP contribution is -2.48. The van der Waals surface area contributed by atoms with Gasteiger partial charge in [0.1, 0.15) is 0 Å². The molecular weight excluding hydrogens is 334 g/mol. The average Bonchev–Trinajstić information content (AvgIpc) is 2.71. The fourth-order valence-corrected chi connectivity index (χ4v) is 4.00. The van der Waals surface area contributed by atoms with E-state index in [1.807, 2.05) is 42.3 Å². The lowest BCUT2D eigenvalue weighted by molar-refractivity contribution is 0.142. The first kappa shape index (κ1) is 17.8. The van der Waals surface area contributed by atoms with Crippen LogP contribution in [0.1, 0.15) is 29.5 Å². The maximum atomic E-state index is 12.5. The number of carbonyl (C=O) groups is 1. The van der Waals surface area contributed by atoms with Crippen LogP contribution in [0.25, 0.3) is 11.6 Å². The molecule has 27 heavy (non-hydrogen) atoms. The number of nitrogens with one attached hydrogen (secondary N) is 1. The number of benzene rings is 2. The highest BCUT2D eigenvalue weighted by molar-refractivity contribution is 5.96. The van der Waals surface area contributed by atoms with Crippen molar-refractivity contribution in [2.24, 2.45) is 0 Å². The summed E-state index contributed by atoms with van der Waals surface area (Å²) in [5.74, 6) is 0. The van der Waals surface area contributed by atoms with Crippen molar-refractivity contribution in [1.29, 1.82) is 0 Å². The normalized spacial score (nSPS) is 16.9. The topological polar surface area (TPSA) is 35.6 Å². The molecule has 0 atom stereocenters. The highest BCUT2D eigenvalue weighted by Crippen LogP contribution is 2.33. The Bertz CT molecular complexity index is 823. The van der Waals surface area contributed by atoms with Gasteiger partial charge >= 0.3 is 6.03 Å². The summed E-state index contributed by atoms with van der Waals surface area (Å²) >= 11 is 0.